The van der Waals surface area contributed by atoms with Crippen molar-refractivity contribution < 1.29 is 14.0 Å². The number of aromatic nitrogens is 1. The highest BCUT2D eigenvalue weighted by molar-refractivity contribution is 5.99. The minimum absolute atomic E-state index is 0.115. The number of aromatic amines is 1. The lowest BCUT2D eigenvalue weighted by atomic mass is 9.89. The molecule has 0 unspecified atom stereocenters. The van der Waals surface area contributed by atoms with Crippen molar-refractivity contribution >= 4 is 22.7 Å². The molecule has 4 rings (SSSR count). The molecule has 2 aliphatic rings. The lowest BCUT2D eigenvalue weighted by Crippen LogP contribution is -2.54. The van der Waals surface area contributed by atoms with Gasteiger partial charge in [0.1, 0.15) is 11.5 Å². The first-order chi connectivity index (χ1) is 13.9. The monoisotopic (exact) mass is 400 g/mol. The Morgan fingerprint density at radius 3 is 2.62 bits per heavy atom. The van der Waals surface area contributed by atoms with E-state index < -0.39 is 0 Å². The second-order valence-corrected chi connectivity index (χ2v) is 8.37. The number of nitrogens with one attached hydrogen (secondary N) is 2. The number of benzene rings is 1. The Bertz CT molecular complexity index is 878. The Hall–Kier alpha value is -2.41. The van der Waals surface area contributed by atoms with Crippen molar-refractivity contribution in [1.82, 2.24) is 20.1 Å². The molecule has 2 fully saturated rings. The molecule has 0 radical (unpaired) electrons. The SMILES string of the molecule is CC(=O)N1CCN([C@@H]2CCC[C@@H](NC(=O)c3cc4c(F)ccc(C)c4[nH]3)C2)CC1. The van der Waals surface area contributed by atoms with Crippen molar-refractivity contribution in [3.63, 3.8) is 0 Å². The highest BCUT2D eigenvalue weighted by atomic mass is 19.1. The largest absolute Gasteiger partial charge is 0.350 e. The molecular weight excluding hydrogens is 371 g/mol. The molecule has 1 aliphatic heterocycles. The molecule has 2 heterocycles. The van der Waals surface area contributed by atoms with Crippen molar-refractivity contribution in [1.29, 1.82) is 0 Å². The average Bonchev–Trinajstić information content (AvgIpc) is 3.18. The molecule has 1 saturated heterocycles. The molecule has 2 amide bonds. The van der Waals surface area contributed by atoms with Gasteiger partial charge in [0.15, 0.2) is 0 Å². The minimum atomic E-state index is -0.316. The Balaban J connectivity index is 1.38. The maximum Gasteiger partial charge on any atom is 0.267 e. The predicted molar refractivity (Wildman–Crippen MR) is 110 cm³/mol. The molecule has 0 spiro atoms. The van der Waals surface area contributed by atoms with Crippen molar-refractivity contribution in [2.24, 2.45) is 0 Å². The number of piperazine rings is 1. The number of hydrogen-bond acceptors (Lipinski definition) is 3. The summed E-state index contributed by atoms with van der Waals surface area (Å²) in [7, 11) is 0. The number of halogens is 1. The minimum Gasteiger partial charge on any atom is -0.350 e. The lowest BCUT2D eigenvalue weighted by Gasteiger charge is -2.42. The molecule has 1 aromatic heterocycles. The molecular formula is C22H29FN4O2. The zero-order valence-electron chi connectivity index (χ0n) is 17.1. The quantitative estimate of drug-likeness (QED) is 0.833. The first-order valence-electron chi connectivity index (χ1n) is 10.5. The lowest BCUT2D eigenvalue weighted by molar-refractivity contribution is -0.131. The Morgan fingerprint density at radius 1 is 1.17 bits per heavy atom. The molecule has 2 N–H and O–H groups in total. The normalized spacial score (nSPS) is 23.3. The summed E-state index contributed by atoms with van der Waals surface area (Å²) in [4.78, 5) is 31.8. The van der Waals surface area contributed by atoms with Crippen LogP contribution in [-0.2, 0) is 4.79 Å². The van der Waals surface area contributed by atoms with Crippen molar-refractivity contribution in [2.75, 3.05) is 26.2 Å². The van der Waals surface area contributed by atoms with E-state index in [2.05, 4.69) is 15.2 Å². The molecule has 2 aromatic rings. The Morgan fingerprint density at radius 2 is 1.93 bits per heavy atom. The highest BCUT2D eigenvalue weighted by Crippen LogP contribution is 2.26. The fourth-order valence-corrected chi connectivity index (χ4v) is 4.74. The van der Waals surface area contributed by atoms with E-state index in [1.807, 2.05) is 11.8 Å². The van der Waals surface area contributed by atoms with Gasteiger partial charge in [0.05, 0.1) is 5.52 Å². The molecule has 1 saturated carbocycles. The smallest absolute Gasteiger partial charge is 0.267 e. The van der Waals surface area contributed by atoms with E-state index >= 15 is 0 Å². The summed E-state index contributed by atoms with van der Waals surface area (Å²) < 4.78 is 14.1. The van der Waals surface area contributed by atoms with Crippen LogP contribution in [0.1, 0.15) is 48.7 Å². The summed E-state index contributed by atoms with van der Waals surface area (Å²) in [5.74, 6) is -0.348. The van der Waals surface area contributed by atoms with Gasteiger partial charge in [-0.15, -0.1) is 0 Å². The molecule has 0 bridgehead atoms. The average molecular weight is 400 g/mol. The number of fused-ring (bicyclic) bond motifs is 1. The third kappa shape index (κ3) is 4.15. The summed E-state index contributed by atoms with van der Waals surface area (Å²) in [6.45, 7) is 6.87. The molecule has 1 aliphatic carbocycles. The van der Waals surface area contributed by atoms with Crippen LogP contribution in [0.4, 0.5) is 4.39 Å². The fraction of sp³-hybridized carbons (Fsp3) is 0.545. The summed E-state index contributed by atoms with van der Waals surface area (Å²) in [6.07, 6.45) is 4.08. The molecule has 156 valence electrons. The number of amides is 2. The number of carbonyl (C=O) groups excluding carboxylic acids is 2. The van der Waals surface area contributed by atoms with Crippen LogP contribution in [0, 0.1) is 12.7 Å². The van der Waals surface area contributed by atoms with E-state index in [1.54, 1.807) is 19.1 Å². The topological polar surface area (TPSA) is 68.4 Å². The van der Waals surface area contributed by atoms with Gasteiger partial charge in [0.2, 0.25) is 5.91 Å². The van der Waals surface area contributed by atoms with E-state index in [0.29, 0.717) is 22.6 Å². The first kappa shape index (κ1) is 19.9. The van der Waals surface area contributed by atoms with Gasteiger partial charge in [-0.05, 0) is 50.3 Å². The van der Waals surface area contributed by atoms with Crippen LogP contribution in [-0.4, -0.2) is 64.9 Å². The summed E-state index contributed by atoms with van der Waals surface area (Å²) in [5, 5.41) is 3.61. The maximum absolute atomic E-state index is 14.1. The fourth-order valence-electron chi connectivity index (χ4n) is 4.74. The number of H-pyrrole nitrogens is 1. The zero-order chi connectivity index (χ0) is 20.5. The van der Waals surface area contributed by atoms with Gasteiger partial charge in [0.25, 0.3) is 5.91 Å². The van der Waals surface area contributed by atoms with E-state index in [9.17, 15) is 14.0 Å². The van der Waals surface area contributed by atoms with Gasteiger partial charge >= 0.3 is 0 Å². The molecule has 29 heavy (non-hydrogen) atoms. The Labute approximate surface area is 170 Å². The standard InChI is InChI=1S/C22H29FN4O2/c1-14-6-7-19(23)18-13-20(25-21(14)18)22(29)24-16-4-3-5-17(12-16)27-10-8-26(9-11-27)15(2)28/h6-7,13,16-17,25H,3-5,8-12H2,1-2H3,(H,24,29)/t16-,17-/m1/s1. The van der Waals surface area contributed by atoms with Crippen LogP contribution in [0.15, 0.2) is 18.2 Å². The van der Waals surface area contributed by atoms with E-state index in [0.717, 1.165) is 57.4 Å². The molecule has 2 atom stereocenters. The Kier molecular flexibility index (Phi) is 5.58. The zero-order valence-corrected chi connectivity index (χ0v) is 17.1. The van der Waals surface area contributed by atoms with E-state index in [1.165, 1.54) is 6.07 Å². The third-order valence-electron chi connectivity index (χ3n) is 6.45. The van der Waals surface area contributed by atoms with Gasteiger partial charge < -0.3 is 15.2 Å². The molecule has 1 aromatic carbocycles. The second kappa shape index (κ2) is 8.14. The number of aryl methyl sites for hydroxylation is 1. The van der Waals surface area contributed by atoms with Crippen LogP contribution >= 0.6 is 0 Å². The van der Waals surface area contributed by atoms with Crippen LogP contribution in [0.3, 0.4) is 0 Å². The highest BCUT2D eigenvalue weighted by Gasteiger charge is 2.30. The summed E-state index contributed by atoms with van der Waals surface area (Å²) in [6, 6.07) is 5.31. The van der Waals surface area contributed by atoms with Gasteiger partial charge in [-0.1, -0.05) is 6.07 Å². The van der Waals surface area contributed by atoms with E-state index in [-0.39, 0.29) is 23.7 Å². The van der Waals surface area contributed by atoms with Crippen molar-refractivity contribution in [3.05, 3.63) is 35.3 Å². The van der Waals surface area contributed by atoms with Crippen LogP contribution in [0.2, 0.25) is 0 Å². The van der Waals surface area contributed by atoms with Gasteiger partial charge in [-0.3, -0.25) is 14.5 Å². The molecule has 6 nitrogen and oxygen atoms in total. The van der Waals surface area contributed by atoms with Crippen LogP contribution in [0.25, 0.3) is 10.9 Å². The third-order valence-corrected chi connectivity index (χ3v) is 6.45. The van der Waals surface area contributed by atoms with Gasteiger partial charge in [0, 0.05) is 50.6 Å². The first-order valence-corrected chi connectivity index (χ1v) is 10.5. The van der Waals surface area contributed by atoms with Crippen molar-refractivity contribution in [3.8, 4) is 0 Å². The maximum atomic E-state index is 14.1. The number of rotatable bonds is 3. The number of carbonyl (C=O) groups is 2. The number of nitrogens with zero attached hydrogens (tertiary/aromatic N) is 2. The number of hydrogen-bond donors (Lipinski definition) is 2. The van der Waals surface area contributed by atoms with Crippen LogP contribution in [0.5, 0.6) is 0 Å². The molecule has 7 heteroatoms. The summed E-state index contributed by atoms with van der Waals surface area (Å²) in [5.41, 5.74) is 2.01. The summed E-state index contributed by atoms with van der Waals surface area (Å²) >= 11 is 0. The van der Waals surface area contributed by atoms with Crippen LogP contribution < -0.4 is 5.32 Å². The second-order valence-electron chi connectivity index (χ2n) is 8.37. The van der Waals surface area contributed by atoms with Crippen molar-refractivity contribution in [2.45, 2.75) is 51.6 Å². The van der Waals surface area contributed by atoms with E-state index in [4.69, 9.17) is 0 Å². The van der Waals surface area contributed by atoms with Gasteiger partial charge in [-0.25, -0.2) is 4.39 Å². The van der Waals surface area contributed by atoms with Gasteiger partial charge in [-0.2, -0.15) is 0 Å². The predicted octanol–water partition coefficient (Wildman–Crippen LogP) is 2.82.